The van der Waals surface area contributed by atoms with Gasteiger partial charge in [-0.2, -0.15) is 0 Å². The molecule has 1 aliphatic heterocycles. The molecule has 20 heavy (non-hydrogen) atoms. The van der Waals surface area contributed by atoms with Crippen molar-refractivity contribution in [1.29, 1.82) is 0 Å². The van der Waals surface area contributed by atoms with Crippen molar-refractivity contribution in [2.24, 2.45) is 0 Å². The monoisotopic (exact) mass is 274 g/mol. The lowest BCUT2D eigenvalue weighted by Gasteiger charge is -2.39. The summed E-state index contributed by atoms with van der Waals surface area (Å²) in [4.78, 5) is 25.6. The second-order valence-corrected chi connectivity index (χ2v) is 5.60. The number of piperidine rings is 1. The van der Waals surface area contributed by atoms with Crippen LogP contribution in [0.1, 0.15) is 50.4 Å². The van der Waals surface area contributed by atoms with Crippen LogP contribution < -0.4 is 5.32 Å². The van der Waals surface area contributed by atoms with Crippen LogP contribution in [-0.2, 0) is 4.79 Å². The summed E-state index contributed by atoms with van der Waals surface area (Å²) in [5.41, 5.74) is 1.40. The Balaban J connectivity index is 2.14. The molecule has 0 aliphatic carbocycles. The Labute approximate surface area is 120 Å². The highest BCUT2D eigenvalue weighted by Gasteiger charge is 2.29. The van der Waals surface area contributed by atoms with Crippen molar-refractivity contribution in [3.05, 3.63) is 29.8 Å². The Bertz CT molecular complexity index is 486. The van der Waals surface area contributed by atoms with Gasteiger partial charge in [-0.05, 0) is 57.4 Å². The van der Waals surface area contributed by atoms with Crippen LogP contribution in [0, 0.1) is 0 Å². The molecule has 2 rings (SSSR count). The van der Waals surface area contributed by atoms with Gasteiger partial charge in [-0.25, -0.2) is 0 Å². The summed E-state index contributed by atoms with van der Waals surface area (Å²) in [6, 6.07) is 7.69. The minimum atomic E-state index is -0.109. The maximum atomic E-state index is 12.6. The lowest BCUT2D eigenvalue weighted by Crippen LogP contribution is -2.47. The van der Waals surface area contributed by atoms with Gasteiger partial charge in [0.25, 0.3) is 5.91 Å². The molecule has 2 atom stereocenters. The second-order valence-electron chi connectivity index (χ2n) is 5.60. The number of hydrogen-bond donors (Lipinski definition) is 1. The van der Waals surface area contributed by atoms with E-state index in [1.807, 2.05) is 4.90 Å². The van der Waals surface area contributed by atoms with Gasteiger partial charge in [0.2, 0.25) is 5.91 Å². The number of amides is 2. The van der Waals surface area contributed by atoms with E-state index < -0.39 is 0 Å². The number of carbonyl (C=O) groups excluding carboxylic acids is 2. The predicted molar refractivity (Wildman–Crippen MR) is 79.7 cm³/mol. The Morgan fingerprint density at radius 3 is 2.15 bits per heavy atom. The molecular weight excluding hydrogens is 252 g/mol. The zero-order valence-corrected chi connectivity index (χ0v) is 12.3. The standard InChI is InChI=1S/C16H22N2O2/c1-11-5-4-6-12(2)18(11)16(20)14-7-9-15(10-8-14)17-13(3)19/h7-12H,4-6H2,1-3H3,(H,17,19). The number of rotatable bonds is 2. The van der Waals surface area contributed by atoms with Gasteiger partial charge in [0.15, 0.2) is 0 Å². The van der Waals surface area contributed by atoms with Gasteiger partial charge in [0.1, 0.15) is 0 Å². The minimum Gasteiger partial charge on any atom is -0.333 e. The number of hydrogen-bond acceptors (Lipinski definition) is 2. The summed E-state index contributed by atoms with van der Waals surface area (Å²) in [5.74, 6) is -0.0265. The van der Waals surface area contributed by atoms with Crippen LogP contribution in [0.4, 0.5) is 5.69 Å². The lowest BCUT2D eigenvalue weighted by molar-refractivity contribution is -0.114. The molecule has 1 fully saturated rings. The van der Waals surface area contributed by atoms with Crippen LogP contribution in [0.5, 0.6) is 0 Å². The molecule has 1 aromatic rings. The molecule has 1 heterocycles. The van der Waals surface area contributed by atoms with Crippen molar-refractivity contribution in [2.75, 3.05) is 5.32 Å². The first-order valence-corrected chi connectivity index (χ1v) is 7.19. The number of carbonyl (C=O) groups is 2. The molecule has 0 spiro atoms. The van der Waals surface area contributed by atoms with Crippen molar-refractivity contribution < 1.29 is 9.59 Å². The number of nitrogens with zero attached hydrogens (tertiary/aromatic N) is 1. The molecule has 0 radical (unpaired) electrons. The molecule has 0 bridgehead atoms. The third kappa shape index (κ3) is 3.18. The van der Waals surface area contributed by atoms with Gasteiger partial charge >= 0.3 is 0 Å². The van der Waals surface area contributed by atoms with Gasteiger partial charge in [0.05, 0.1) is 0 Å². The van der Waals surface area contributed by atoms with Crippen LogP contribution in [0.3, 0.4) is 0 Å². The zero-order chi connectivity index (χ0) is 14.7. The Morgan fingerprint density at radius 2 is 1.65 bits per heavy atom. The van der Waals surface area contributed by atoms with Crippen LogP contribution in [0.15, 0.2) is 24.3 Å². The van der Waals surface area contributed by atoms with E-state index in [0.29, 0.717) is 23.3 Å². The van der Waals surface area contributed by atoms with Crippen molar-refractivity contribution >= 4 is 17.5 Å². The Hall–Kier alpha value is -1.84. The first-order valence-electron chi connectivity index (χ1n) is 7.19. The van der Waals surface area contributed by atoms with E-state index in [9.17, 15) is 9.59 Å². The lowest BCUT2D eigenvalue weighted by atomic mass is 9.96. The largest absolute Gasteiger partial charge is 0.333 e. The molecule has 1 aromatic carbocycles. The molecule has 2 amide bonds. The molecule has 2 unspecified atom stereocenters. The molecule has 4 heteroatoms. The van der Waals surface area contributed by atoms with Crippen molar-refractivity contribution in [3.8, 4) is 0 Å². The SMILES string of the molecule is CC(=O)Nc1ccc(C(=O)N2C(C)CCCC2C)cc1. The maximum Gasteiger partial charge on any atom is 0.254 e. The third-order valence-electron chi connectivity index (χ3n) is 3.88. The summed E-state index contributed by atoms with van der Waals surface area (Å²) >= 11 is 0. The van der Waals surface area contributed by atoms with E-state index in [2.05, 4.69) is 19.2 Å². The van der Waals surface area contributed by atoms with Gasteiger partial charge in [0, 0.05) is 30.3 Å². The molecule has 1 aliphatic rings. The van der Waals surface area contributed by atoms with E-state index in [-0.39, 0.29) is 11.8 Å². The smallest absolute Gasteiger partial charge is 0.254 e. The Kier molecular flexibility index (Phi) is 4.42. The number of anilines is 1. The highest BCUT2D eigenvalue weighted by Crippen LogP contribution is 2.25. The molecule has 0 aromatic heterocycles. The van der Waals surface area contributed by atoms with Crippen LogP contribution >= 0.6 is 0 Å². The van der Waals surface area contributed by atoms with E-state index in [0.717, 1.165) is 12.8 Å². The molecule has 1 N–H and O–H groups in total. The fourth-order valence-corrected chi connectivity index (χ4v) is 2.87. The van der Waals surface area contributed by atoms with E-state index in [1.54, 1.807) is 24.3 Å². The molecular formula is C16H22N2O2. The second kappa shape index (κ2) is 6.07. The molecule has 108 valence electrons. The van der Waals surface area contributed by atoms with E-state index >= 15 is 0 Å². The number of benzene rings is 1. The summed E-state index contributed by atoms with van der Waals surface area (Å²) in [5, 5.41) is 2.70. The first-order chi connectivity index (χ1) is 9.49. The predicted octanol–water partition coefficient (Wildman–Crippen LogP) is 3.05. The first kappa shape index (κ1) is 14.6. The number of likely N-dealkylation sites (tertiary alicyclic amines) is 1. The van der Waals surface area contributed by atoms with Crippen molar-refractivity contribution in [2.45, 2.75) is 52.1 Å². The van der Waals surface area contributed by atoms with Crippen LogP contribution in [0.2, 0.25) is 0 Å². The van der Waals surface area contributed by atoms with Gasteiger partial charge in [-0.15, -0.1) is 0 Å². The minimum absolute atomic E-state index is 0.0825. The highest BCUT2D eigenvalue weighted by molar-refractivity contribution is 5.96. The van der Waals surface area contributed by atoms with Gasteiger partial charge < -0.3 is 10.2 Å². The topological polar surface area (TPSA) is 49.4 Å². The summed E-state index contributed by atoms with van der Waals surface area (Å²) in [6.45, 7) is 5.69. The van der Waals surface area contributed by atoms with Crippen LogP contribution in [0.25, 0.3) is 0 Å². The molecule has 0 saturated carbocycles. The zero-order valence-electron chi connectivity index (χ0n) is 12.3. The normalized spacial score (nSPS) is 22.4. The van der Waals surface area contributed by atoms with Gasteiger partial charge in [-0.1, -0.05) is 0 Å². The maximum absolute atomic E-state index is 12.6. The summed E-state index contributed by atoms with van der Waals surface area (Å²) in [7, 11) is 0. The third-order valence-corrected chi connectivity index (χ3v) is 3.88. The summed E-state index contributed by atoms with van der Waals surface area (Å²) < 4.78 is 0. The summed E-state index contributed by atoms with van der Waals surface area (Å²) in [6.07, 6.45) is 3.33. The Morgan fingerprint density at radius 1 is 1.10 bits per heavy atom. The average Bonchev–Trinajstić information content (AvgIpc) is 2.38. The van der Waals surface area contributed by atoms with E-state index in [4.69, 9.17) is 0 Å². The fraction of sp³-hybridized carbons (Fsp3) is 0.500. The quantitative estimate of drug-likeness (QED) is 0.901. The van der Waals surface area contributed by atoms with Gasteiger partial charge in [-0.3, -0.25) is 9.59 Å². The molecule has 1 saturated heterocycles. The molecule has 4 nitrogen and oxygen atoms in total. The van der Waals surface area contributed by atoms with Crippen LogP contribution in [-0.4, -0.2) is 28.8 Å². The number of nitrogens with one attached hydrogen (secondary N) is 1. The highest BCUT2D eigenvalue weighted by atomic mass is 16.2. The van der Waals surface area contributed by atoms with Crippen molar-refractivity contribution in [1.82, 2.24) is 4.90 Å². The fourth-order valence-electron chi connectivity index (χ4n) is 2.87. The van der Waals surface area contributed by atoms with Crippen molar-refractivity contribution in [3.63, 3.8) is 0 Å². The van der Waals surface area contributed by atoms with E-state index in [1.165, 1.54) is 13.3 Å². The average molecular weight is 274 g/mol.